The van der Waals surface area contributed by atoms with E-state index in [0.29, 0.717) is 25.9 Å². The molecule has 0 bridgehead atoms. The summed E-state index contributed by atoms with van der Waals surface area (Å²) >= 11 is 0. The summed E-state index contributed by atoms with van der Waals surface area (Å²) in [6, 6.07) is 2.17. The number of hydrogen-bond acceptors (Lipinski definition) is 8. The molecular weight excluding hydrogens is 439 g/mol. The van der Waals surface area contributed by atoms with E-state index in [0.717, 1.165) is 12.3 Å². The van der Waals surface area contributed by atoms with Gasteiger partial charge in [0.1, 0.15) is 30.4 Å². The van der Waals surface area contributed by atoms with Crippen LogP contribution in [0.2, 0.25) is 0 Å². The van der Waals surface area contributed by atoms with E-state index in [1.54, 1.807) is 0 Å². The van der Waals surface area contributed by atoms with E-state index in [9.17, 15) is 28.1 Å². The van der Waals surface area contributed by atoms with Gasteiger partial charge in [0.15, 0.2) is 6.10 Å². The highest BCUT2D eigenvalue weighted by molar-refractivity contribution is 5.68. The molecule has 2 aliphatic heterocycles. The second-order valence-corrected chi connectivity index (χ2v) is 7.29. The average molecular weight is 457 g/mol. The van der Waals surface area contributed by atoms with Crippen molar-refractivity contribution in [2.45, 2.75) is 37.8 Å². The molecule has 14 heteroatoms. The number of imidazole rings is 1. The van der Waals surface area contributed by atoms with Gasteiger partial charge in [0.2, 0.25) is 0 Å². The first-order valence-electron chi connectivity index (χ1n) is 9.69. The van der Waals surface area contributed by atoms with Gasteiger partial charge in [-0.3, -0.25) is 4.57 Å². The van der Waals surface area contributed by atoms with Crippen molar-refractivity contribution >= 4 is 11.9 Å². The smallest absolute Gasteiger partial charge is 0.433 e. The zero-order valence-corrected chi connectivity index (χ0v) is 16.5. The van der Waals surface area contributed by atoms with E-state index in [2.05, 4.69) is 9.97 Å². The molecule has 2 aromatic rings. The van der Waals surface area contributed by atoms with Crippen LogP contribution in [0.3, 0.4) is 0 Å². The number of rotatable bonds is 4. The molecule has 11 nitrogen and oxygen atoms in total. The highest BCUT2D eigenvalue weighted by Crippen LogP contribution is 2.29. The molecule has 32 heavy (non-hydrogen) atoms. The second-order valence-electron chi connectivity index (χ2n) is 7.29. The lowest BCUT2D eigenvalue weighted by molar-refractivity contribution is -0.389. The summed E-state index contributed by atoms with van der Waals surface area (Å²) < 4.78 is 55.6. The Morgan fingerprint density at radius 1 is 1.25 bits per heavy atom. The number of nitro groups is 1. The van der Waals surface area contributed by atoms with E-state index >= 15 is 0 Å². The molecule has 0 unspecified atom stereocenters. The van der Waals surface area contributed by atoms with Crippen molar-refractivity contribution < 1.29 is 37.1 Å². The Hall–Kier alpha value is -3.58. The number of alkyl halides is 3. The van der Waals surface area contributed by atoms with Gasteiger partial charge in [0.05, 0.1) is 12.7 Å². The van der Waals surface area contributed by atoms with Crippen LogP contribution in [0.15, 0.2) is 24.5 Å². The van der Waals surface area contributed by atoms with Crippen molar-refractivity contribution in [1.29, 1.82) is 0 Å². The zero-order valence-electron chi connectivity index (χ0n) is 16.5. The maximum Gasteiger partial charge on any atom is 0.433 e. The predicted molar refractivity (Wildman–Crippen MR) is 99.1 cm³/mol. The fourth-order valence-corrected chi connectivity index (χ4v) is 3.41. The molecule has 1 atom stereocenters. The van der Waals surface area contributed by atoms with Crippen LogP contribution in [0.5, 0.6) is 11.8 Å². The van der Waals surface area contributed by atoms with Gasteiger partial charge < -0.3 is 29.2 Å². The van der Waals surface area contributed by atoms with Crippen molar-refractivity contribution in [1.82, 2.24) is 19.4 Å². The lowest BCUT2D eigenvalue weighted by Crippen LogP contribution is -2.45. The number of carbonyl (C=O) groups is 1. The fraction of sp³-hybridized carbons (Fsp3) is 0.500. The van der Waals surface area contributed by atoms with Gasteiger partial charge in [0.25, 0.3) is 0 Å². The van der Waals surface area contributed by atoms with Gasteiger partial charge in [-0.1, -0.05) is 0 Å². The van der Waals surface area contributed by atoms with E-state index in [1.807, 2.05) is 0 Å². The lowest BCUT2D eigenvalue weighted by atomic mass is 10.1. The number of halogens is 3. The molecule has 0 aromatic carbocycles. The van der Waals surface area contributed by atoms with E-state index < -0.39 is 29.0 Å². The minimum absolute atomic E-state index is 0.0282. The highest BCUT2D eigenvalue weighted by Gasteiger charge is 2.33. The maximum atomic E-state index is 12.6. The number of likely N-dealkylation sites (tertiary alicyclic amines) is 1. The Labute approximate surface area is 178 Å². The third-order valence-corrected chi connectivity index (χ3v) is 5.01. The fourth-order valence-electron chi connectivity index (χ4n) is 3.41. The first-order chi connectivity index (χ1) is 15.2. The van der Waals surface area contributed by atoms with Crippen LogP contribution in [0.25, 0.3) is 0 Å². The van der Waals surface area contributed by atoms with Crippen LogP contribution in [-0.4, -0.2) is 62.4 Å². The highest BCUT2D eigenvalue weighted by atomic mass is 19.4. The quantitative estimate of drug-likeness (QED) is 0.507. The first-order valence-corrected chi connectivity index (χ1v) is 9.69. The summed E-state index contributed by atoms with van der Waals surface area (Å²) in [5.74, 6) is -0.124. The van der Waals surface area contributed by atoms with Gasteiger partial charge in [-0.15, -0.1) is 0 Å². The van der Waals surface area contributed by atoms with Crippen LogP contribution in [0.1, 0.15) is 18.5 Å². The van der Waals surface area contributed by atoms with Crippen molar-refractivity contribution in [2.75, 3.05) is 19.7 Å². The van der Waals surface area contributed by atoms with Crippen molar-refractivity contribution in [3.63, 3.8) is 0 Å². The Morgan fingerprint density at radius 2 is 2.00 bits per heavy atom. The molecule has 0 spiro atoms. The molecule has 4 rings (SSSR count). The summed E-state index contributed by atoms with van der Waals surface area (Å²) in [7, 11) is 0. The molecule has 1 fully saturated rings. The predicted octanol–water partition coefficient (Wildman–Crippen LogP) is 2.65. The Balaban J connectivity index is 1.24. The summed E-state index contributed by atoms with van der Waals surface area (Å²) in [5.41, 5.74) is -0.994. The first kappa shape index (κ1) is 21.6. The lowest BCUT2D eigenvalue weighted by Gasteiger charge is -2.33. The molecule has 0 aliphatic carbocycles. The summed E-state index contributed by atoms with van der Waals surface area (Å²) in [6.07, 6.45) is -2.78. The number of nitrogens with zero attached hydrogens (tertiary/aromatic N) is 5. The monoisotopic (exact) mass is 457 g/mol. The average Bonchev–Trinajstić information content (AvgIpc) is 3.18. The molecule has 2 aliphatic rings. The van der Waals surface area contributed by atoms with Gasteiger partial charge in [-0.25, -0.2) is 9.78 Å². The summed E-state index contributed by atoms with van der Waals surface area (Å²) in [5, 5.41) is 10.8. The normalized spacial score (nSPS) is 19.1. The number of pyridine rings is 1. The van der Waals surface area contributed by atoms with Crippen molar-refractivity contribution in [3.05, 3.63) is 40.3 Å². The van der Waals surface area contributed by atoms with Crippen LogP contribution >= 0.6 is 0 Å². The maximum absolute atomic E-state index is 12.6. The van der Waals surface area contributed by atoms with Gasteiger partial charge in [0, 0.05) is 30.9 Å². The molecule has 172 valence electrons. The summed E-state index contributed by atoms with van der Waals surface area (Å²) in [4.78, 5) is 31.2. The molecule has 0 N–H and O–H groups in total. The molecule has 0 radical (unpaired) electrons. The van der Waals surface area contributed by atoms with Gasteiger partial charge >= 0.3 is 24.1 Å². The van der Waals surface area contributed by atoms with Crippen LogP contribution in [-0.2, 0) is 17.5 Å². The number of aromatic nitrogens is 3. The molecule has 1 amide bonds. The van der Waals surface area contributed by atoms with E-state index in [1.165, 1.54) is 21.7 Å². The zero-order chi connectivity index (χ0) is 22.9. The number of carbonyl (C=O) groups excluding carboxylic acids is 1. The third kappa shape index (κ3) is 4.84. The number of hydrogen-bond donors (Lipinski definition) is 0. The Kier molecular flexibility index (Phi) is 5.76. The van der Waals surface area contributed by atoms with E-state index in [-0.39, 0.29) is 36.8 Å². The second kappa shape index (κ2) is 8.51. The Morgan fingerprint density at radius 3 is 2.62 bits per heavy atom. The topological polar surface area (TPSA) is 122 Å². The van der Waals surface area contributed by atoms with Crippen LogP contribution in [0, 0.1) is 10.1 Å². The number of amides is 1. The SMILES string of the molecule is O=C(O[C@@H]1COc2nc([N+](=O)[O-])cn2C1)N1CCC(Oc2ccc(C(F)(F)F)nc2)CC1. The summed E-state index contributed by atoms with van der Waals surface area (Å²) in [6.45, 7) is 0.892. The molecule has 4 heterocycles. The third-order valence-electron chi connectivity index (χ3n) is 5.01. The largest absolute Gasteiger partial charge is 0.489 e. The van der Waals surface area contributed by atoms with Crippen LogP contribution < -0.4 is 9.47 Å². The molecule has 0 saturated carbocycles. The minimum atomic E-state index is -4.51. The number of piperidine rings is 1. The van der Waals surface area contributed by atoms with Crippen LogP contribution in [0.4, 0.5) is 23.8 Å². The molecule has 2 aromatic heterocycles. The van der Waals surface area contributed by atoms with Crippen molar-refractivity contribution in [3.8, 4) is 11.8 Å². The van der Waals surface area contributed by atoms with E-state index in [4.69, 9.17) is 14.2 Å². The number of ether oxygens (including phenoxy) is 3. The Bertz CT molecular complexity index is 988. The van der Waals surface area contributed by atoms with Gasteiger partial charge in [-0.05, 0) is 17.1 Å². The van der Waals surface area contributed by atoms with Crippen molar-refractivity contribution in [2.24, 2.45) is 0 Å². The standard InChI is InChI=1S/C18H18F3N5O6/c19-18(20,21)14-2-1-12(7-22-14)31-11-3-5-24(6-4-11)17(27)32-13-8-25-9-15(26(28)29)23-16(25)30-10-13/h1-2,7,9,11,13H,3-6,8,10H2/t13-/m0/s1. The minimum Gasteiger partial charge on any atom is -0.489 e. The molecule has 1 saturated heterocycles. The molecular formula is C18H18F3N5O6. The van der Waals surface area contributed by atoms with Gasteiger partial charge in [-0.2, -0.15) is 13.2 Å². The number of fused-ring (bicyclic) bond motifs is 1.